The zero-order valence-electron chi connectivity index (χ0n) is 11.2. The van der Waals surface area contributed by atoms with Crippen LogP contribution in [0.4, 0.5) is 0 Å². The van der Waals surface area contributed by atoms with E-state index in [1.807, 2.05) is 0 Å². The van der Waals surface area contributed by atoms with Gasteiger partial charge in [-0.05, 0) is 42.9 Å². The predicted octanol–water partition coefficient (Wildman–Crippen LogP) is 2.31. The Kier molecular flexibility index (Phi) is 5.02. The van der Waals surface area contributed by atoms with E-state index in [0.717, 1.165) is 51.1 Å². The average Bonchev–Trinajstić information content (AvgIpc) is 2.84. The second-order valence-electron chi connectivity index (χ2n) is 4.97. The molecule has 1 unspecified atom stereocenters. The molecule has 0 aliphatic carbocycles. The molecule has 1 aliphatic rings. The normalized spacial score (nSPS) is 15.2. The van der Waals surface area contributed by atoms with Crippen molar-refractivity contribution in [2.24, 2.45) is 5.73 Å². The number of ether oxygens (including phenoxy) is 2. The van der Waals surface area contributed by atoms with Crippen LogP contribution in [0.1, 0.15) is 30.4 Å². The first kappa shape index (κ1) is 13.4. The highest BCUT2D eigenvalue weighted by molar-refractivity contribution is 5.39. The summed E-state index contributed by atoms with van der Waals surface area (Å²) in [5, 5.41) is 0. The van der Waals surface area contributed by atoms with Crippen LogP contribution in [0, 0.1) is 0 Å². The molecular formula is C15H23NO2. The topological polar surface area (TPSA) is 44.5 Å². The molecule has 0 amide bonds. The van der Waals surface area contributed by atoms with Gasteiger partial charge in [0.2, 0.25) is 0 Å². The van der Waals surface area contributed by atoms with Crippen molar-refractivity contribution in [1.29, 1.82) is 0 Å². The van der Waals surface area contributed by atoms with Crippen molar-refractivity contribution in [2.45, 2.75) is 38.1 Å². The van der Waals surface area contributed by atoms with Crippen LogP contribution in [-0.4, -0.2) is 26.4 Å². The highest BCUT2D eigenvalue weighted by Crippen LogP contribution is 2.26. The molecule has 100 valence electrons. The van der Waals surface area contributed by atoms with Crippen LogP contribution >= 0.6 is 0 Å². The Morgan fingerprint density at radius 2 is 2.28 bits per heavy atom. The molecule has 0 aromatic heterocycles. The van der Waals surface area contributed by atoms with Crippen molar-refractivity contribution in [3.05, 3.63) is 29.3 Å². The molecule has 1 aromatic rings. The maximum atomic E-state index is 6.09. The van der Waals surface area contributed by atoms with Crippen LogP contribution in [0.25, 0.3) is 0 Å². The van der Waals surface area contributed by atoms with Gasteiger partial charge >= 0.3 is 0 Å². The van der Waals surface area contributed by atoms with E-state index in [1.54, 1.807) is 7.11 Å². The zero-order chi connectivity index (χ0) is 12.8. The molecule has 2 rings (SSSR count). The van der Waals surface area contributed by atoms with Gasteiger partial charge in [-0.3, -0.25) is 0 Å². The summed E-state index contributed by atoms with van der Waals surface area (Å²) in [6, 6.07) is 6.80. The fourth-order valence-corrected chi connectivity index (χ4v) is 2.38. The minimum atomic E-state index is 0.282. The second kappa shape index (κ2) is 6.76. The highest BCUT2D eigenvalue weighted by atomic mass is 16.5. The summed E-state index contributed by atoms with van der Waals surface area (Å²) < 4.78 is 10.5. The summed E-state index contributed by atoms with van der Waals surface area (Å²) in [7, 11) is 1.73. The van der Waals surface area contributed by atoms with E-state index in [0.29, 0.717) is 0 Å². The Balaban J connectivity index is 1.76. The van der Waals surface area contributed by atoms with Gasteiger partial charge in [-0.1, -0.05) is 12.1 Å². The van der Waals surface area contributed by atoms with E-state index in [2.05, 4.69) is 18.2 Å². The first-order valence-electron chi connectivity index (χ1n) is 6.78. The Morgan fingerprint density at radius 1 is 1.39 bits per heavy atom. The third-order valence-electron chi connectivity index (χ3n) is 3.48. The first-order chi connectivity index (χ1) is 8.79. The van der Waals surface area contributed by atoms with Crippen molar-refractivity contribution in [2.75, 3.05) is 20.3 Å². The molecule has 0 saturated heterocycles. The number of methoxy groups -OCH3 is 1. The van der Waals surface area contributed by atoms with Gasteiger partial charge < -0.3 is 15.2 Å². The molecule has 3 nitrogen and oxygen atoms in total. The van der Waals surface area contributed by atoms with Crippen molar-refractivity contribution >= 4 is 0 Å². The lowest BCUT2D eigenvalue weighted by molar-refractivity contribution is 0.190. The summed E-state index contributed by atoms with van der Waals surface area (Å²) >= 11 is 0. The third kappa shape index (κ3) is 3.72. The number of rotatable bonds is 7. The lowest BCUT2D eigenvalue weighted by Gasteiger charge is -2.11. The molecule has 0 spiro atoms. The van der Waals surface area contributed by atoms with Crippen molar-refractivity contribution < 1.29 is 9.47 Å². The van der Waals surface area contributed by atoms with Gasteiger partial charge in [-0.15, -0.1) is 0 Å². The molecule has 0 saturated carbocycles. The van der Waals surface area contributed by atoms with Crippen LogP contribution in [0.15, 0.2) is 18.2 Å². The van der Waals surface area contributed by atoms with Gasteiger partial charge in [-0.25, -0.2) is 0 Å². The summed E-state index contributed by atoms with van der Waals surface area (Å²) in [6.45, 7) is 1.64. The van der Waals surface area contributed by atoms with Gasteiger partial charge in [0, 0.05) is 26.2 Å². The van der Waals surface area contributed by atoms with Crippen molar-refractivity contribution in [1.82, 2.24) is 0 Å². The minimum Gasteiger partial charge on any atom is -0.493 e. The number of nitrogens with two attached hydrogens (primary N) is 1. The molecule has 1 aromatic carbocycles. The van der Waals surface area contributed by atoms with Gasteiger partial charge in [0.05, 0.1) is 6.61 Å². The Hall–Kier alpha value is -1.06. The monoisotopic (exact) mass is 249 g/mol. The number of benzene rings is 1. The summed E-state index contributed by atoms with van der Waals surface area (Å²) in [4.78, 5) is 0. The predicted molar refractivity (Wildman–Crippen MR) is 73.0 cm³/mol. The number of hydrogen-bond acceptors (Lipinski definition) is 3. The van der Waals surface area contributed by atoms with Gasteiger partial charge in [0.15, 0.2) is 0 Å². The maximum absolute atomic E-state index is 6.09. The summed E-state index contributed by atoms with van der Waals surface area (Å²) in [5.41, 5.74) is 8.82. The number of fused-ring (bicyclic) bond motifs is 1. The average molecular weight is 249 g/mol. The molecule has 3 heteroatoms. The Bertz CT molecular complexity index is 379. The second-order valence-corrected chi connectivity index (χ2v) is 4.97. The number of hydrogen-bond donors (Lipinski definition) is 1. The standard InChI is InChI=1S/C15H23NO2/c1-17-9-2-3-14(16)6-4-12-5-7-15-13(11-12)8-10-18-15/h5,7,11,14H,2-4,6,8-10,16H2,1H3. The molecule has 2 N–H and O–H groups in total. The first-order valence-corrected chi connectivity index (χ1v) is 6.78. The molecule has 1 aliphatic heterocycles. The largest absolute Gasteiger partial charge is 0.493 e. The fraction of sp³-hybridized carbons (Fsp3) is 0.600. The van der Waals surface area contributed by atoms with Crippen LogP contribution < -0.4 is 10.5 Å². The lowest BCUT2D eigenvalue weighted by Crippen LogP contribution is -2.21. The van der Waals surface area contributed by atoms with E-state index in [1.165, 1.54) is 11.1 Å². The van der Waals surface area contributed by atoms with Gasteiger partial charge in [0.25, 0.3) is 0 Å². The highest BCUT2D eigenvalue weighted by Gasteiger charge is 2.12. The fourth-order valence-electron chi connectivity index (χ4n) is 2.38. The van der Waals surface area contributed by atoms with E-state index in [9.17, 15) is 0 Å². The quantitative estimate of drug-likeness (QED) is 0.754. The summed E-state index contributed by atoms with van der Waals surface area (Å²) in [5.74, 6) is 1.06. The van der Waals surface area contributed by atoms with Gasteiger partial charge in [-0.2, -0.15) is 0 Å². The SMILES string of the molecule is COCCCC(N)CCc1ccc2c(c1)CCO2. The summed E-state index contributed by atoms with van der Waals surface area (Å²) in [6.07, 6.45) is 5.24. The Labute approximate surface area is 109 Å². The van der Waals surface area contributed by atoms with Crippen molar-refractivity contribution in [3.63, 3.8) is 0 Å². The zero-order valence-corrected chi connectivity index (χ0v) is 11.2. The molecule has 1 atom stereocenters. The van der Waals surface area contributed by atoms with E-state index >= 15 is 0 Å². The van der Waals surface area contributed by atoms with Crippen LogP contribution in [0.2, 0.25) is 0 Å². The molecule has 0 fully saturated rings. The van der Waals surface area contributed by atoms with E-state index < -0.39 is 0 Å². The maximum Gasteiger partial charge on any atom is 0.122 e. The molecule has 18 heavy (non-hydrogen) atoms. The van der Waals surface area contributed by atoms with Crippen LogP contribution in [0.3, 0.4) is 0 Å². The third-order valence-corrected chi connectivity index (χ3v) is 3.48. The molecule has 0 bridgehead atoms. The minimum absolute atomic E-state index is 0.282. The van der Waals surface area contributed by atoms with Crippen LogP contribution in [0.5, 0.6) is 5.75 Å². The molecule has 0 radical (unpaired) electrons. The molecular weight excluding hydrogens is 226 g/mol. The van der Waals surface area contributed by atoms with Crippen molar-refractivity contribution in [3.8, 4) is 5.75 Å². The molecule has 1 heterocycles. The van der Waals surface area contributed by atoms with E-state index in [-0.39, 0.29) is 6.04 Å². The number of aryl methyl sites for hydroxylation is 1. The lowest BCUT2D eigenvalue weighted by atomic mass is 10.0. The van der Waals surface area contributed by atoms with Crippen LogP contribution in [-0.2, 0) is 17.6 Å². The van der Waals surface area contributed by atoms with E-state index in [4.69, 9.17) is 15.2 Å². The smallest absolute Gasteiger partial charge is 0.122 e. The van der Waals surface area contributed by atoms with Gasteiger partial charge in [0.1, 0.15) is 5.75 Å². The Morgan fingerprint density at radius 3 is 3.11 bits per heavy atom.